The Kier molecular flexibility index (Phi) is 5.93. The van der Waals surface area contributed by atoms with E-state index < -0.39 is 23.6 Å². The third-order valence-electron chi connectivity index (χ3n) is 5.54. The highest BCUT2D eigenvalue weighted by molar-refractivity contribution is 5.99. The molecule has 3 aromatic heterocycles. The third kappa shape index (κ3) is 4.54. The van der Waals surface area contributed by atoms with Gasteiger partial charge in [0.1, 0.15) is 11.5 Å². The van der Waals surface area contributed by atoms with Crippen LogP contribution in [0.5, 0.6) is 0 Å². The second kappa shape index (κ2) is 8.86. The summed E-state index contributed by atoms with van der Waals surface area (Å²) in [5.41, 5.74) is 1.34. The van der Waals surface area contributed by atoms with Gasteiger partial charge in [0.15, 0.2) is 11.5 Å². The molecule has 1 atom stereocenters. The van der Waals surface area contributed by atoms with Crippen molar-refractivity contribution >= 4 is 23.5 Å². The number of hydrogen-bond acceptors (Lipinski definition) is 8. The van der Waals surface area contributed by atoms with Crippen LogP contribution in [0.25, 0.3) is 11.4 Å². The topological polar surface area (TPSA) is 148 Å². The SMILES string of the molecule is Cc1cnc(F)cc1C(C)OC(=O)Nc1c(-c2ccc(NC(=O)C3(C#N)CC3)cn2)nnn1C. The predicted molar refractivity (Wildman–Crippen MR) is 118 cm³/mol. The van der Waals surface area contributed by atoms with Crippen molar-refractivity contribution < 1.29 is 18.7 Å². The summed E-state index contributed by atoms with van der Waals surface area (Å²) in [6, 6.07) is 6.48. The van der Waals surface area contributed by atoms with Crippen LogP contribution in [0.4, 0.5) is 20.7 Å². The van der Waals surface area contributed by atoms with Crippen molar-refractivity contribution in [3.8, 4) is 17.5 Å². The van der Waals surface area contributed by atoms with Crippen molar-refractivity contribution in [1.29, 1.82) is 5.26 Å². The molecule has 2 amide bonds. The molecule has 174 valence electrons. The number of ether oxygens (including phenoxy) is 1. The lowest BCUT2D eigenvalue weighted by Crippen LogP contribution is -2.22. The fraction of sp³-hybridized carbons (Fsp3) is 0.318. The lowest BCUT2D eigenvalue weighted by atomic mass is 10.1. The maximum atomic E-state index is 13.5. The fourth-order valence-electron chi connectivity index (χ4n) is 3.34. The van der Waals surface area contributed by atoms with Gasteiger partial charge < -0.3 is 10.1 Å². The van der Waals surface area contributed by atoms with Gasteiger partial charge in [0.2, 0.25) is 11.9 Å². The minimum absolute atomic E-state index is 0.237. The Hall–Kier alpha value is -4.40. The number of halogens is 1. The van der Waals surface area contributed by atoms with Crippen LogP contribution >= 0.6 is 0 Å². The Morgan fingerprint density at radius 1 is 1.26 bits per heavy atom. The van der Waals surface area contributed by atoms with Gasteiger partial charge in [-0.1, -0.05) is 5.21 Å². The largest absolute Gasteiger partial charge is 0.441 e. The van der Waals surface area contributed by atoms with E-state index in [4.69, 9.17) is 10.00 Å². The maximum Gasteiger partial charge on any atom is 0.413 e. The quantitative estimate of drug-likeness (QED) is 0.528. The first-order valence-corrected chi connectivity index (χ1v) is 10.4. The van der Waals surface area contributed by atoms with Crippen LogP contribution in [0.2, 0.25) is 0 Å². The highest BCUT2D eigenvalue weighted by Crippen LogP contribution is 2.45. The summed E-state index contributed by atoms with van der Waals surface area (Å²) in [5.74, 6) is -0.784. The van der Waals surface area contributed by atoms with Gasteiger partial charge in [-0.05, 0) is 44.4 Å². The number of amides is 2. The number of nitriles is 1. The molecule has 2 N–H and O–H groups in total. The van der Waals surface area contributed by atoms with Crippen molar-refractivity contribution in [1.82, 2.24) is 25.0 Å². The molecule has 11 nitrogen and oxygen atoms in total. The molecule has 0 bridgehead atoms. The van der Waals surface area contributed by atoms with E-state index in [1.54, 1.807) is 33.0 Å². The van der Waals surface area contributed by atoms with Crippen LogP contribution in [0, 0.1) is 29.6 Å². The van der Waals surface area contributed by atoms with E-state index in [2.05, 4.69) is 30.9 Å². The van der Waals surface area contributed by atoms with Crippen LogP contribution < -0.4 is 10.6 Å². The number of rotatable bonds is 6. The smallest absolute Gasteiger partial charge is 0.413 e. The van der Waals surface area contributed by atoms with Crippen LogP contribution in [-0.2, 0) is 16.6 Å². The van der Waals surface area contributed by atoms with Gasteiger partial charge in [-0.3, -0.25) is 15.1 Å². The van der Waals surface area contributed by atoms with E-state index in [0.29, 0.717) is 35.3 Å². The molecular weight excluding hydrogens is 443 g/mol. The standard InChI is InChI=1S/C22H21FN8O3/c1-12-9-26-17(23)8-15(12)13(2)34-21(33)28-19-18(29-30-31(19)3)16-5-4-14(10-25-16)27-20(32)22(11-24)6-7-22/h4-5,8-10,13H,6-7H2,1-3H3,(H,27,32)(H,28,33). The van der Waals surface area contributed by atoms with Crippen LogP contribution in [-0.4, -0.2) is 37.0 Å². The van der Waals surface area contributed by atoms with E-state index in [9.17, 15) is 14.0 Å². The molecule has 34 heavy (non-hydrogen) atoms. The van der Waals surface area contributed by atoms with Gasteiger partial charge in [0, 0.05) is 24.9 Å². The average molecular weight is 464 g/mol. The summed E-state index contributed by atoms with van der Waals surface area (Å²) in [6.45, 7) is 3.36. The predicted octanol–water partition coefficient (Wildman–Crippen LogP) is 3.27. The molecule has 1 fully saturated rings. The lowest BCUT2D eigenvalue weighted by molar-refractivity contribution is -0.119. The van der Waals surface area contributed by atoms with Crippen molar-refractivity contribution in [3.05, 3.63) is 47.7 Å². The van der Waals surface area contributed by atoms with Crippen LogP contribution in [0.1, 0.15) is 37.0 Å². The van der Waals surface area contributed by atoms with Crippen molar-refractivity contribution in [3.63, 3.8) is 0 Å². The van der Waals surface area contributed by atoms with E-state index in [-0.39, 0.29) is 17.4 Å². The number of hydrogen-bond donors (Lipinski definition) is 2. The number of aromatic nitrogens is 5. The third-order valence-corrected chi connectivity index (χ3v) is 5.54. The van der Waals surface area contributed by atoms with E-state index >= 15 is 0 Å². The van der Waals surface area contributed by atoms with Crippen molar-refractivity contribution in [2.24, 2.45) is 12.5 Å². The molecule has 0 aromatic carbocycles. The minimum Gasteiger partial charge on any atom is -0.441 e. The van der Waals surface area contributed by atoms with Gasteiger partial charge in [-0.15, -0.1) is 5.10 Å². The summed E-state index contributed by atoms with van der Waals surface area (Å²) in [4.78, 5) is 32.6. The Morgan fingerprint density at radius 2 is 2.03 bits per heavy atom. The molecule has 1 saturated carbocycles. The summed E-state index contributed by atoms with van der Waals surface area (Å²) in [7, 11) is 1.59. The number of aryl methyl sites for hydroxylation is 2. The number of pyridine rings is 2. The molecule has 0 saturated heterocycles. The number of carbonyl (C=O) groups excluding carboxylic acids is 2. The molecule has 3 aromatic rings. The van der Waals surface area contributed by atoms with Gasteiger partial charge in [-0.2, -0.15) is 9.65 Å². The second-order valence-corrected chi connectivity index (χ2v) is 8.03. The van der Waals surface area contributed by atoms with Crippen LogP contribution in [0.3, 0.4) is 0 Å². The first kappa shape index (κ1) is 22.8. The monoisotopic (exact) mass is 464 g/mol. The molecule has 0 spiro atoms. The zero-order valence-corrected chi connectivity index (χ0v) is 18.7. The van der Waals surface area contributed by atoms with Gasteiger partial charge in [0.25, 0.3) is 0 Å². The van der Waals surface area contributed by atoms with Gasteiger partial charge >= 0.3 is 6.09 Å². The molecule has 12 heteroatoms. The average Bonchev–Trinajstić information content (AvgIpc) is 3.54. The molecule has 0 aliphatic heterocycles. The summed E-state index contributed by atoms with van der Waals surface area (Å²) < 4.78 is 20.2. The van der Waals surface area contributed by atoms with E-state index in [1.807, 2.05) is 6.07 Å². The number of carbonyl (C=O) groups is 2. The van der Waals surface area contributed by atoms with Crippen molar-refractivity contribution in [2.75, 3.05) is 10.6 Å². The number of nitrogens with zero attached hydrogens (tertiary/aromatic N) is 6. The molecular formula is C22H21FN8O3. The first-order chi connectivity index (χ1) is 16.2. The zero-order chi connectivity index (χ0) is 24.5. The van der Waals surface area contributed by atoms with Gasteiger partial charge in [0.05, 0.1) is 23.6 Å². The Labute approximate surface area is 194 Å². The van der Waals surface area contributed by atoms with Crippen LogP contribution in [0.15, 0.2) is 30.6 Å². The summed E-state index contributed by atoms with van der Waals surface area (Å²) in [5, 5.41) is 22.4. The highest BCUT2D eigenvalue weighted by atomic mass is 19.1. The Morgan fingerprint density at radius 3 is 2.68 bits per heavy atom. The lowest BCUT2D eigenvalue weighted by Gasteiger charge is -2.16. The molecule has 1 unspecified atom stereocenters. The molecule has 0 radical (unpaired) electrons. The highest BCUT2D eigenvalue weighted by Gasteiger charge is 2.50. The zero-order valence-electron chi connectivity index (χ0n) is 18.7. The second-order valence-electron chi connectivity index (χ2n) is 8.03. The van der Waals surface area contributed by atoms with Crippen molar-refractivity contribution in [2.45, 2.75) is 32.8 Å². The van der Waals surface area contributed by atoms with Gasteiger partial charge in [-0.25, -0.2) is 14.5 Å². The first-order valence-electron chi connectivity index (χ1n) is 10.4. The maximum absolute atomic E-state index is 13.5. The minimum atomic E-state index is -0.946. The van der Waals surface area contributed by atoms with E-state index in [1.165, 1.54) is 23.1 Å². The summed E-state index contributed by atoms with van der Waals surface area (Å²) >= 11 is 0. The van der Waals surface area contributed by atoms with E-state index in [0.717, 1.165) is 0 Å². The normalized spacial score (nSPS) is 14.6. The summed E-state index contributed by atoms with van der Waals surface area (Å²) in [6.07, 6.45) is 2.37. The fourth-order valence-corrected chi connectivity index (χ4v) is 3.34. The molecule has 1 aliphatic rings. The molecule has 4 rings (SSSR count). The Bertz CT molecular complexity index is 1290. The molecule has 3 heterocycles. The number of anilines is 2. The Balaban J connectivity index is 1.46. The molecule has 1 aliphatic carbocycles. The number of nitrogens with one attached hydrogen (secondary N) is 2.